The Morgan fingerprint density at radius 3 is 2.82 bits per heavy atom. The average Bonchev–Trinajstić information content (AvgIpc) is 2.23. The summed E-state index contributed by atoms with van der Waals surface area (Å²) in [5, 5.41) is 13.2. The number of nitrogens with one attached hydrogen (secondary N) is 1. The number of rotatable bonds is 4. The molecule has 1 amide bonds. The summed E-state index contributed by atoms with van der Waals surface area (Å²) in [7, 11) is 0. The molecule has 1 N–H and O–H groups in total. The molecule has 0 radical (unpaired) electrons. The molecule has 0 aliphatic heterocycles. The lowest BCUT2D eigenvalue weighted by Gasteiger charge is -1.98. The summed E-state index contributed by atoms with van der Waals surface area (Å²) in [5.74, 6) is -0.109. The van der Waals surface area contributed by atoms with Crippen molar-refractivity contribution in [1.29, 1.82) is 0 Å². The summed E-state index contributed by atoms with van der Waals surface area (Å²) in [6.07, 6.45) is 3.43. The van der Waals surface area contributed by atoms with Crippen LogP contribution >= 0.6 is 0 Å². The largest absolute Gasteiger partial charge is 0.353 e. The molecule has 90 valence electrons. The van der Waals surface area contributed by atoms with Gasteiger partial charge in [0, 0.05) is 19.5 Å². The van der Waals surface area contributed by atoms with E-state index in [1.54, 1.807) is 25.1 Å². The molecule has 0 aromatic carbocycles. The molecule has 1 rings (SSSR count). The van der Waals surface area contributed by atoms with E-state index < -0.39 is 4.92 Å². The van der Waals surface area contributed by atoms with Gasteiger partial charge in [-0.25, -0.2) is 4.98 Å². The minimum atomic E-state index is -0.465. The molecule has 6 heteroatoms. The van der Waals surface area contributed by atoms with Crippen molar-refractivity contribution in [3.63, 3.8) is 0 Å². The number of pyridine rings is 1. The van der Waals surface area contributed by atoms with Crippen LogP contribution < -0.4 is 5.32 Å². The average molecular weight is 235 g/mol. The summed E-state index contributed by atoms with van der Waals surface area (Å²) >= 11 is 0. The lowest BCUT2D eigenvalue weighted by Crippen LogP contribution is -2.19. The Balaban J connectivity index is 2.70. The first-order valence-electron chi connectivity index (χ1n) is 5.03. The fourth-order valence-corrected chi connectivity index (χ4v) is 1.24. The van der Waals surface area contributed by atoms with E-state index in [1.165, 1.54) is 13.0 Å². The highest BCUT2D eigenvalue weighted by molar-refractivity contribution is 5.73. The van der Waals surface area contributed by atoms with Gasteiger partial charge in [0.25, 0.3) is 5.69 Å². The van der Waals surface area contributed by atoms with Crippen LogP contribution in [0.4, 0.5) is 5.69 Å². The number of nitrogens with zero attached hydrogens (tertiary/aromatic N) is 2. The minimum Gasteiger partial charge on any atom is -0.353 e. The molecule has 0 unspecified atom stereocenters. The smallest absolute Gasteiger partial charge is 0.290 e. The van der Waals surface area contributed by atoms with Crippen LogP contribution in [0.5, 0.6) is 0 Å². The van der Waals surface area contributed by atoms with Gasteiger partial charge in [-0.1, -0.05) is 6.08 Å². The molecule has 6 nitrogen and oxygen atoms in total. The summed E-state index contributed by atoms with van der Waals surface area (Å²) in [4.78, 5) is 24.8. The Bertz CT molecular complexity index is 469. The van der Waals surface area contributed by atoms with Gasteiger partial charge in [-0.05, 0) is 19.1 Å². The van der Waals surface area contributed by atoms with E-state index in [9.17, 15) is 14.9 Å². The van der Waals surface area contributed by atoms with Crippen molar-refractivity contribution in [3.8, 4) is 0 Å². The highest BCUT2D eigenvalue weighted by atomic mass is 16.6. The van der Waals surface area contributed by atoms with Gasteiger partial charge >= 0.3 is 0 Å². The van der Waals surface area contributed by atoms with Crippen molar-refractivity contribution < 1.29 is 9.72 Å². The van der Waals surface area contributed by atoms with Gasteiger partial charge in [-0.2, -0.15) is 0 Å². The number of amides is 1. The number of nitro groups is 1. The lowest BCUT2D eigenvalue weighted by atomic mass is 10.2. The number of hydrogen-bond acceptors (Lipinski definition) is 4. The van der Waals surface area contributed by atoms with Crippen molar-refractivity contribution in [2.45, 2.75) is 13.8 Å². The maximum absolute atomic E-state index is 10.6. The third-order valence-electron chi connectivity index (χ3n) is 2.03. The number of carbonyl (C=O) groups excluding carboxylic acids is 1. The van der Waals surface area contributed by atoms with E-state index in [0.717, 1.165) is 0 Å². The van der Waals surface area contributed by atoms with Crippen LogP contribution in [0, 0.1) is 17.0 Å². The van der Waals surface area contributed by atoms with Crippen LogP contribution in [0.3, 0.4) is 0 Å². The number of carbonyl (C=O) groups is 1. The first-order chi connectivity index (χ1) is 8.00. The molecule has 0 atom stereocenters. The van der Waals surface area contributed by atoms with Gasteiger partial charge in [-0.15, -0.1) is 0 Å². The molecular weight excluding hydrogens is 222 g/mol. The molecule has 0 aliphatic rings. The summed E-state index contributed by atoms with van der Waals surface area (Å²) in [6, 6.07) is 2.98. The van der Waals surface area contributed by atoms with E-state index in [2.05, 4.69) is 10.3 Å². The van der Waals surface area contributed by atoms with Gasteiger partial charge in [0.2, 0.25) is 5.91 Å². The van der Waals surface area contributed by atoms with E-state index in [-0.39, 0.29) is 11.6 Å². The minimum absolute atomic E-state index is 0.00371. The van der Waals surface area contributed by atoms with E-state index in [4.69, 9.17) is 0 Å². The van der Waals surface area contributed by atoms with Gasteiger partial charge < -0.3 is 5.32 Å². The molecule has 17 heavy (non-hydrogen) atoms. The van der Waals surface area contributed by atoms with Crippen LogP contribution in [0.25, 0.3) is 6.08 Å². The van der Waals surface area contributed by atoms with E-state index in [1.807, 2.05) is 0 Å². The van der Waals surface area contributed by atoms with Crippen LogP contribution in [0.1, 0.15) is 18.3 Å². The molecule has 0 aliphatic carbocycles. The molecule has 0 bridgehead atoms. The Morgan fingerprint density at radius 2 is 2.29 bits per heavy atom. The molecule has 0 saturated heterocycles. The van der Waals surface area contributed by atoms with Crippen molar-refractivity contribution in [3.05, 3.63) is 39.7 Å². The quantitative estimate of drug-likeness (QED) is 0.632. The number of aryl methyl sites for hydroxylation is 1. The third kappa shape index (κ3) is 4.02. The Morgan fingerprint density at radius 1 is 1.59 bits per heavy atom. The van der Waals surface area contributed by atoms with Crippen molar-refractivity contribution in [2.24, 2.45) is 0 Å². The maximum Gasteiger partial charge on any atom is 0.290 e. The molecule has 1 heterocycles. The molecular formula is C11H13N3O3. The molecule has 1 aromatic rings. The van der Waals surface area contributed by atoms with Crippen molar-refractivity contribution in [2.75, 3.05) is 6.54 Å². The Labute approximate surface area is 98.5 Å². The van der Waals surface area contributed by atoms with Crippen molar-refractivity contribution >= 4 is 17.7 Å². The van der Waals surface area contributed by atoms with Crippen molar-refractivity contribution in [1.82, 2.24) is 10.3 Å². The second-order valence-corrected chi connectivity index (χ2v) is 3.44. The predicted molar refractivity (Wildman–Crippen MR) is 63.3 cm³/mol. The van der Waals surface area contributed by atoms with E-state index in [0.29, 0.717) is 17.9 Å². The zero-order valence-electron chi connectivity index (χ0n) is 9.64. The fourth-order valence-electron chi connectivity index (χ4n) is 1.24. The maximum atomic E-state index is 10.6. The number of hydrogen-bond donors (Lipinski definition) is 1. The summed E-state index contributed by atoms with van der Waals surface area (Å²) in [6.45, 7) is 3.43. The molecule has 1 aromatic heterocycles. The zero-order chi connectivity index (χ0) is 12.8. The topological polar surface area (TPSA) is 85.1 Å². The second-order valence-electron chi connectivity index (χ2n) is 3.44. The highest BCUT2D eigenvalue weighted by Crippen LogP contribution is 2.15. The van der Waals surface area contributed by atoms with Crippen LogP contribution in [0.2, 0.25) is 0 Å². The fraction of sp³-hybridized carbons (Fsp3) is 0.273. The Hall–Kier alpha value is -2.24. The molecule has 0 fully saturated rings. The second kappa shape index (κ2) is 5.74. The van der Waals surface area contributed by atoms with Crippen LogP contribution in [-0.4, -0.2) is 22.4 Å². The van der Waals surface area contributed by atoms with Gasteiger partial charge in [0.05, 0.1) is 10.6 Å². The van der Waals surface area contributed by atoms with Crippen LogP contribution in [0.15, 0.2) is 18.2 Å². The van der Waals surface area contributed by atoms with Gasteiger partial charge in [0.1, 0.15) is 5.69 Å². The summed E-state index contributed by atoms with van der Waals surface area (Å²) < 4.78 is 0. The third-order valence-corrected chi connectivity index (χ3v) is 2.03. The first-order valence-corrected chi connectivity index (χ1v) is 5.03. The normalized spacial score (nSPS) is 10.5. The zero-order valence-corrected chi connectivity index (χ0v) is 9.64. The SMILES string of the molecule is CC(=O)NCC=Cc1ccc([N+](=O)[O-])c(C)n1. The lowest BCUT2D eigenvalue weighted by molar-refractivity contribution is -0.385. The van der Waals surface area contributed by atoms with Crippen LogP contribution in [-0.2, 0) is 4.79 Å². The van der Waals surface area contributed by atoms with E-state index >= 15 is 0 Å². The van der Waals surface area contributed by atoms with Gasteiger partial charge in [0.15, 0.2) is 0 Å². The monoisotopic (exact) mass is 235 g/mol. The highest BCUT2D eigenvalue weighted by Gasteiger charge is 2.10. The molecule has 0 spiro atoms. The number of aromatic nitrogens is 1. The molecule has 0 saturated carbocycles. The summed E-state index contributed by atoms with van der Waals surface area (Å²) in [5.41, 5.74) is 0.999. The standard InChI is InChI=1S/C11H13N3O3/c1-8-11(14(16)17)6-5-10(13-8)4-3-7-12-9(2)15/h3-6H,7H2,1-2H3,(H,12,15). The Kier molecular flexibility index (Phi) is 4.33. The predicted octanol–water partition coefficient (Wildman–Crippen LogP) is 1.45. The first kappa shape index (κ1) is 12.8. The van der Waals surface area contributed by atoms with Gasteiger partial charge in [-0.3, -0.25) is 14.9 Å².